The molecule has 0 fully saturated rings. The van der Waals surface area contributed by atoms with E-state index in [1.807, 2.05) is 0 Å². The minimum absolute atomic E-state index is 0.294. The first-order valence-electron chi connectivity index (χ1n) is 6.33. The van der Waals surface area contributed by atoms with Crippen LogP contribution in [0.1, 0.15) is 36.8 Å². The Bertz CT molecular complexity index is 508. The fourth-order valence-corrected chi connectivity index (χ4v) is 2.08. The molecule has 1 aromatic carbocycles. The molecule has 3 nitrogen and oxygen atoms in total. The maximum atomic E-state index is 12.7. The van der Waals surface area contributed by atoms with Gasteiger partial charge in [-0.2, -0.15) is 13.2 Å². The van der Waals surface area contributed by atoms with Crippen molar-refractivity contribution >= 4 is 0 Å². The number of aromatic amines is 1. The van der Waals surface area contributed by atoms with Gasteiger partial charge < -0.3 is 10.3 Å². The van der Waals surface area contributed by atoms with Gasteiger partial charge in [-0.15, -0.1) is 0 Å². The van der Waals surface area contributed by atoms with Gasteiger partial charge in [-0.3, -0.25) is 0 Å². The molecular weight excluding hydrogens is 267 g/mol. The Labute approximate surface area is 115 Å². The summed E-state index contributed by atoms with van der Waals surface area (Å²) in [6, 6.07) is 7.55. The van der Waals surface area contributed by atoms with Crippen molar-refractivity contribution in [1.29, 1.82) is 0 Å². The van der Waals surface area contributed by atoms with E-state index in [1.54, 1.807) is 49.6 Å². The molecule has 0 radical (unpaired) electrons. The summed E-state index contributed by atoms with van der Waals surface area (Å²) < 4.78 is 38.2. The normalized spacial score (nSPS) is 15.0. The lowest BCUT2D eigenvalue weighted by Gasteiger charge is -2.24. The van der Waals surface area contributed by atoms with Crippen LogP contribution in [-0.2, 0) is 0 Å². The van der Waals surface area contributed by atoms with Crippen molar-refractivity contribution in [3.63, 3.8) is 0 Å². The van der Waals surface area contributed by atoms with E-state index in [4.69, 9.17) is 0 Å². The van der Waals surface area contributed by atoms with E-state index in [0.717, 1.165) is 0 Å². The molecule has 6 heteroatoms. The summed E-state index contributed by atoms with van der Waals surface area (Å²) in [5.41, 5.74) is 0.614. The van der Waals surface area contributed by atoms with Crippen LogP contribution >= 0.6 is 0 Å². The lowest BCUT2D eigenvalue weighted by atomic mass is 10.0. The van der Waals surface area contributed by atoms with Crippen LogP contribution in [0.3, 0.4) is 0 Å². The number of nitrogens with zero attached hydrogens (tertiary/aromatic N) is 1. The molecule has 2 N–H and O–H groups in total. The zero-order valence-electron chi connectivity index (χ0n) is 11.0. The Morgan fingerprint density at radius 3 is 2.50 bits per heavy atom. The largest absolute Gasteiger partial charge is 0.390 e. The number of hydrogen-bond acceptors (Lipinski definition) is 2. The van der Waals surface area contributed by atoms with Crippen LogP contribution in [0.2, 0.25) is 0 Å². The molecule has 0 bridgehead atoms. The number of alkyl halides is 3. The van der Waals surface area contributed by atoms with E-state index >= 15 is 0 Å². The molecule has 0 aliphatic carbocycles. The van der Waals surface area contributed by atoms with Gasteiger partial charge in [0.2, 0.25) is 0 Å². The van der Waals surface area contributed by atoms with Gasteiger partial charge in [0.25, 0.3) is 0 Å². The highest BCUT2D eigenvalue weighted by atomic mass is 19.4. The Hall–Kier alpha value is -1.82. The highest BCUT2D eigenvalue weighted by molar-refractivity contribution is 5.19. The molecule has 2 rings (SSSR count). The van der Waals surface area contributed by atoms with E-state index in [2.05, 4.69) is 15.3 Å². The number of nitrogens with one attached hydrogen (secondary N) is 2. The number of halogens is 3. The van der Waals surface area contributed by atoms with Crippen LogP contribution < -0.4 is 5.32 Å². The summed E-state index contributed by atoms with van der Waals surface area (Å²) >= 11 is 0. The van der Waals surface area contributed by atoms with Gasteiger partial charge in [-0.05, 0) is 12.5 Å². The molecule has 0 aliphatic rings. The Balaban J connectivity index is 2.15. The first kappa shape index (κ1) is 14.6. The third-order valence-electron chi connectivity index (χ3n) is 3.02. The molecule has 1 heterocycles. The lowest BCUT2D eigenvalue weighted by Crippen LogP contribution is -2.29. The summed E-state index contributed by atoms with van der Waals surface area (Å²) in [4.78, 5) is 6.96. The standard InChI is InChI=1S/C14H16F3N3/c1-10(13-18-7-8-19-13)20-12(9-14(15,16)17)11-5-3-2-4-6-11/h2-8,10,12,20H,9H2,1H3,(H,18,19). The van der Waals surface area contributed by atoms with E-state index in [1.165, 1.54) is 0 Å². The summed E-state index contributed by atoms with van der Waals surface area (Å²) in [6.07, 6.45) is -1.91. The summed E-state index contributed by atoms with van der Waals surface area (Å²) in [7, 11) is 0. The predicted molar refractivity (Wildman–Crippen MR) is 70.0 cm³/mol. The van der Waals surface area contributed by atoms with E-state index in [-0.39, 0.29) is 6.04 Å². The fraction of sp³-hybridized carbons (Fsp3) is 0.357. The molecule has 0 saturated carbocycles. The average molecular weight is 283 g/mol. The Morgan fingerprint density at radius 1 is 1.25 bits per heavy atom. The maximum Gasteiger partial charge on any atom is 0.390 e. The van der Waals surface area contributed by atoms with Crippen molar-refractivity contribution in [1.82, 2.24) is 15.3 Å². The zero-order chi connectivity index (χ0) is 14.6. The van der Waals surface area contributed by atoms with Gasteiger partial charge in [0.05, 0.1) is 12.5 Å². The number of aromatic nitrogens is 2. The number of H-pyrrole nitrogens is 1. The van der Waals surface area contributed by atoms with Crippen LogP contribution in [0.25, 0.3) is 0 Å². The zero-order valence-corrected chi connectivity index (χ0v) is 11.0. The molecule has 2 atom stereocenters. The minimum atomic E-state index is -4.23. The van der Waals surface area contributed by atoms with Crippen LogP contribution in [0.5, 0.6) is 0 Å². The highest BCUT2D eigenvalue weighted by Gasteiger charge is 2.33. The number of imidazole rings is 1. The van der Waals surface area contributed by atoms with E-state index in [9.17, 15) is 13.2 Å². The highest BCUT2D eigenvalue weighted by Crippen LogP contribution is 2.31. The summed E-state index contributed by atoms with van der Waals surface area (Å²) in [5, 5.41) is 2.98. The van der Waals surface area contributed by atoms with Gasteiger partial charge in [0.15, 0.2) is 0 Å². The number of hydrogen-bond donors (Lipinski definition) is 2. The average Bonchev–Trinajstić information content (AvgIpc) is 2.91. The van der Waals surface area contributed by atoms with Crippen LogP contribution in [-0.4, -0.2) is 16.1 Å². The second-order valence-corrected chi connectivity index (χ2v) is 4.65. The molecule has 2 aromatic rings. The van der Waals surface area contributed by atoms with Crippen molar-refractivity contribution in [3.8, 4) is 0 Å². The van der Waals surface area contributed by atoms with Gasteiger partial charge in [0.1, 0.15) is 5.82 Å². The molecular formula is C14H16F3N3. The fourth-order valence-electron chi connectivity index (χ4n) is 2.08. The second-order valence-electron chi connectivity index (χ2n) is 4.65. The molecule has 0 aliphatic heterocycles. The molecule has 0 saturated heterocycles. The first-order chi connectivity index (χ1) is 9.46. The SMILES string of the molecule is CC(NC(CC(F)(F)F)c1ccccc1)c1ncc[nH]1. The topological polar surface area (TPSA) is 40.7 Å². The third kappa shape index (κ3) is 4.09. The predicted octanol–water partition coefficient (Wildman–Crippen LogP) is 3.75. The van der Waals surface area contributed by atoms with Crippen molar-refractivity contribution in [2.24, 2.45) is 0 Å². The molecule has 0 amide bonds. The van der Waals surface area contributed by atoms with Gasteiger partial charge in [-0.25, -0.2) is 4.98 Å². The minimum Gasteiger partial charge on any atom is -0.347 e. The van der Waals surface area contributed by atoms with E-state index in [0.29, 0.717) is 11.4 Å². The molecule has 0 spiro atoms. The number of rotatable bonds is 5. The molecule has 1 aromatic heterocycles. The Morgan fingerprint density at radius 2 is 1.95 bits per heavy atom. The smallest absolute Gasteiger partial charge is 0.347 e. The quantitative estimate of drug-likeness (QED) is 0.877. The molecule has 20 heavy (non-hydrogen) atoms. The molecule has 2 unspecified atom stereocenters. The maximum absolute atomic E-state index is 12.7. The first-order valence-corrected chi connectivity index (χ1v) is 6.33. The summed E-state index contributed by atoms with van der Waals surface area (Å²) in [6.45, 7) is 1.78. The lowest BCUT2D eigenvalue weighted by molar-refractivity contribution is -0.140. The molecule has 108 valence electrons. The van der Waals surface area contributed by atoms with Crippen molar-refractivity contribution in [3.05, 3.63) is 54.1 Å². The van der Waals surface area contributed by atoms with Gasteiger partial charge >= 0.3 is 6.18 Å². The van der Waals surface area contributed by atoms with Crippen molar-refractivity contribution in [2.45, 2.75) is 31.6 Å². The third-order valence-corrected chi connectivity index (χ3v) is 3.02. The van der Waals surface area contributed by atoms with Gasteiger partial charge in [-0.1, -0.05) is 30.3 Å². The monoisotopic (exact) mass is 283 g/mol. The van der Waals surface area contributed by atoms with Crippen molar-refractivity contribution in [2.75, 3.05) is 0 Å². The van der Waals surface area contributed by atoms with Crippen LogP contribution in [0.15, 0.2) is 42.7 Å². The van der Waals surface area contributed by atoms with Crippen molar-refractivity contribution < 1.29 is 13.2 Å². The van der Waals surface area contributed by atoms with E-state index < -0.39 is 18.6 Å². The van der Waals surface area contributed by atoms with Crippen LogP contribution in [0.4, 0.5) is 13.2 Å². The Kier molecular flexibility index (Phi) is 4.44. The second kappa shape index (κ2) is 6.09. The van der Waals surface area contributed by atoms with Crippen LogP contribution in [0, 0.1) is 0 Å². The summed E-state index contributed by atoms with van der Waals surface area (Å²) in [5.74, 6) is 0.619. The number of benzene rings is 1. The van der Waals surface area contributed by atoms with Gasteiger partial charge in [0, 0.05) is 18.4 Å².